The lowest BCUT2D eigenvalue weighted by Gasteiger charge is -2.04. The molecule has 7 nitrogen and oxygen atoms in total. The van der Waals surface area contributed by atoms with Gasteiger partial charge in [0.15, 0.2) is 5.76 Å². The molecule has 0 aromatic carbocycles. The summed E-state index contributed by atoms with van der Waals surface area (Å²) in [5.74, 6) is -0.666. The van der Waals surface area contributed by atoms with E-state index in [0.29, 0.717) is 29.5 Å². The fourth-order valence-corrected chi connectivity index (χ4v) is 3.08. The third kappa shape index (κ3) is 5.46. The van der Waals surface area contributed by atoms with Crippen LogP contribution in [0.3, 0.4) is 0 Å². The number of amides is 2. The third-order valence-electron chi connectivity index (χ3n) is 3.25. The molecule has 0 atom stereocenters. The molecular formula is C17H20N2O5S. The smallest absolute Gasteiger partial charge is 0.305 e. The van der Waals surface area contributed by atoms with Gasteiger partial charge in [0, 0.05) is 13.0 Å². The Morgan fingerprint density at radius 1 is 1.28 bits per heavy atom. The SMILES string of the molecule is CCOC(=O)CCCNC(=O)c1sc(NC(=O)c2ccco2)cc1C. The molecule has 0 unspecified atom stereocenters. The number of carbonyl (C=O) groups is 3. The Hall–Kier alpha value is -2.61. The molecule has 0 bridgehead atoms. The highest BCUT2D eigenvalue weighted by Gasteiger charge is 2.16. The first kappa shape index (κ1) is 18.7. The third-order valence-corrected chi connectivity index (χ3v) is 4.41. The summed E-state index contributed by atoms with van der Waals surface area (Å²) in [5.41, 5.74) is 0.766. The number of anilines is 1. The molecule has 0 spiro atoms. The fourth-order valence-electron chi connectivity index (χ4n) is 2.10. The zero-order chi connectivity index (χ0) is 18.2. The van der Waals surface area contributed by atoms with Crippen molar-refractivity contribution in [1.82, 2.24) is 5.32 Å². The van der Waals surface area contributed by atoms with Crippen LogP contribution in [0.5, 0.6) is 0 Å². The first-order valence-electron chi connectivity index (χ1n) is 7.90. The minimum absolute atomic E-state index is 0.205. The van der Waals surface area contributed by atoms with Gasteiger partial charge >= 0.3 is 5.97 Å². The van der Waals surface area contributed by atoms with E-state index in [4.69, 9.17) is 9.15 Å². The van der Waals surface area contributed by atoms with Crippen molar-refractivity contribution in [2.45, 2.75) is 26.7 Å². The maximum Gasteiger partial charge on any atom is 0.305 e. The lowest BCUT2D eigenvalue weighted by molar-refractivity contribution is -0.143. The largest absolute Gasteiger partial charge is 0.466 e. The molecule has 0 saturated heterocycles. The molecule has 0 radical (unpaired) electrons. The van der Waals surface area contributed by atoms with Crippen LogP contribution in [-0.2, 0) is 9.53 Å². The predicted octanol–water partition coefficient (Wildman–Crippen LogP) is 2.97. The summed E-state index contributed by atoms with van der Waals surface area (Å²) in [7, 11) is 0. The maximum atomic E-state index is 12.2. The van der Waals surface area contributed by atoms with Gasteiger partial charge in [-0.2, -0.15) is 0 Å². The molecule has 0 aliphatic rings. The molecule has 2 N–H and O–H groups in total. The lowest BCUT2D eigenvalue weighted by atomic mass is 10.2. The van der Waals surface area contributed by atoms with Crippen molar-refractivity contribution in [3.63, 3.8) is 0 Å². The number of nitrogens with one attached hydrogen (secondary N) is 2. The first-order chi connectivity index (χ1) is 12.0. The van der Waals surface area contributed by atoms with E-state index in [1.54, 1.807) is 32.0 Å². The average molecular weight is 364 g/mol. The van der Waals surface area contributed by atoms with E-state index in [-0.39, 0.29) is 30.0 Å². The Kier molecular flexibility index (Phi) is 6.76. The van der Waals surface area contributed by atoms with Crippen LogP contribution in [0.15, 0.2) is 28.9 Å². The number of hydrogen-bond donors (Lipinski definition) is 2. The Bertz CT molecular complexity index is 736. The van der Waals surface area contributed by atoms with E-state index in [2.05, 4.69) is 10.6 Å². The van der Waals surface area contributed by atoms with Crippen LogP contribution < -0.4 is 10.6 Å². The molecule has 8 heteroatoms. The summed E-state index contributed by atoms with van der Waals surface area (Å²) >= 11 is 1.19. The number of carbonyl (C=O) groups excluding carboxylic acids is 3. The van der Waals surface area contributed by atoms with Gasteiger partial charge in [0.2, 0.25) is 0 Å². The summed E-state index contributed by atoms with van der Waals surface area (Å²) in [4.78, 5) is 35.9. The second-order valence-corrected chi connectivity index (χ2v) is 6.27. The van der Waals surface area contributed by atoms with Crippen LogP contribution in [0.1, 0.15) is 45.6 Å². The van der Waals surface area contributed by atoms with Crippen molar-refractivity contribution in [3.8, 4) is 0 Å². The monoisotopic (exact) mass is 364 g/mol. The topological polar surface area (TPSA) is 97.6 Å². The van der Waals surface area contributed by atoms with Gasteiger partial charge in [0.05, 0.1) is 22.7 Å². The zero-order valence-electron chi connectivity index (χ0n) is 14.1. The number of ether oxygens (including phenoxy) is 1. The number of rotatable bonds is 8. The molecule has 2 aromatic heterocycles. The van der Waals surface area contributed by atoms with Crippen molar-refractivity contribution in [2.75, 3.05) is 18.5 Å². The van der Waals surface area contributed by atoms with E-state index in [1.807, 2.05) is 0 Å². The molecule has 2 rings (SSSR count). The van der Waals surface area contributed by atoms with E-state index >= 15 is 0 Å². The molecule has 2 aromatic rings. The number of hydrogen-bond acceptors (Lipinski definition) is 6. The summed E-state index contributed by atoms with van der Waals surface area (Å²) in [6.07, 6.45) is 2.20. The molecule has 134 valence electrons. The highest BCUT2D eigenvalue weighted by atomic mass is 32.1. The minimum atomic E-state index is -0.368. The summed E-state index contributed by atoms with van der Waals surface area (Å²) in [6, 6.07) is 4.93. The lowest BCUT2D eigenvalue weighted by Crippen LogP contribution is -2.24. The Morgan fingerprint density at radius 2 is 2.08 bits per heavy atom. The molecule has 0 fully saturated rings. The first-order valence-corrected chi connectivity index (χ1v) is 8.72. The van der Waals surface area contributed by atoms with E-state index in [0.717, 1.165) is 5.56 Å². The van der Waals surface area contributed by atoms with Crippen LogP contribution >= 0.6 is 11.3 Å². The standard InChI is InChI=1S/C17H20N2O5S/c1-3-23-14(20)7-4-8-18-17(22)15-11(2)10-13(25-15)19-16(21)12-6-5-9-24-12/h5-6,9-10H,3-4,7-8H2,1-2H3,(H,18,22)(H,19,21). The molecule has 2 amide bonds. The van der Waals surface area contributed by atoms with Crippen LogP contribution in [0.4, 0.5) is 5.00 Å². The van der Waals surface area contributed by atoms with E-state index in [1.165, 1.54) is 17.6 Å². The maximum absolute atomic E-state index is 12.2. The van der Waals surface area contributed by atoms with Crippen LogP contribution in [0.2, 0.25) is 0 Å². The fraction of sp³-hybridized carbons (Fsp3) is 0.353. The normalized spacial score (nSPS) is 10.3. The van der Waals surface area contributed by atoms with Gasteiger partial charge in [-0.1, -0.05) is 0 Å². The highest BCUT2D eigenvalue weighted by Crippen LogP contribution is 2.27. The van der Waals surface area contributed by atoms with Gasteiger partial charge in [-0.05, 0) is 44.0 Å². The van der Waals surface area contributed by atoms with E-state index in [9.17, 15) is 14.4 Å². The van der Waals surface area contributed by atoms with Gasteiger partial charge < -0.3 is 19.8 Å². The minimum Gasteiger partial charge on any atom is -0.466 e. The molecular weight excluding hydrogens is 344 g/mol. The predicted molar refractivity (Wildman–Crippen MR) is 93.9 cm³/mol. The van der Waals surface area contributed by atoms with Gasteiger partial charge in [0.25, 0.3) is 11.8 Å². The van der Waals surface area contributed by atoms with Crippen molar-refractivity contribution in [1.29, 1.82) is 0 Å². The van der Waals surface area contributed by atoms with Crippen molar-refractivity contribution in [3.05, 3.63) is 40.7 Å². The van der Waals surface area contributed by atoms with Crippen LogP contribution in [0, 0.1) is 6.92 Å². The molecule has 25 heavy (non-hydrogen) atoms. The zero-order valence-corrected chi connectivity index (χ0v) is 14.9. The van der Waals surface area contributed by atoms with Crippen molar-refractivity contribution in [2.24, 2.45) is 0 Å². The molecule has 2 heterocycles. The van der Waals surface area contributed by atoms with Crippen molar-refractivity contribution >= 4 is 34.1 Å². The Labute approximate surface area is 149 Å². The molecule has 0 saturated carbocycles. The number of thiophene rings is 1. The second kappa shape index (κ2) is 9.03. The Morgan fingerprint density at radius 3 is 2.76 bits per heavy atom. The molecule has 0 aliphatic carbocycles. The summed E-state index contributed by atoms with van der Waals surface area (Å²) in [5, 5.41) is 6.03. The van der Waals surface area contributed by atoms with Gasteiger partial charge in [-0.3, -0.25) is 14.4 Å². The van der Waals surface area contributed by atoms with Crippen LogP contribution in [-0.4, -0.2) is 30.9 Å². The average Bonchev–Trinajstić information content (AvgIpc) is 3.21. The number of aryl methyl sites for hydroxylation is 1. The number of esters is 1. The second-order valence-electron chi connectivity index (χ2n) is 5.22. The van der Waals surface area contributed by atoms with Crippen LogP contribution in [0.25, 0.3) is 0 Å². The number of furan rings is 1. The molecule has 0 aliphatic heterocycles. The van der Waals surface area contributed by atoms with E-state index < -0.39 is 0 Å². The van der Waals surface area contributed by atoms with Gasteiger partial charge in [0.1, 0.15) is 0 Å². The quantitative estimate of drug-likeness (QED) is 0.554. The van der Waals surface area contributed by atoms with Gasteiger partial charge in [-0.15, -0.1) is 11.3 Å². The summed E-state index contributed by atoms with van der Waals surface area (Å²) < 4.78 is 9.86. The summed E-state index contributed by atoms with van der Waals surface area (Å²) in [6.45, 7) is 4.28. The van der Waals surface area contributed by atoms with Gasteiger partial charge in [-0.25, -0.2) is 0 Å². The highest BCUT2D eigenvalue weighted by molar-refractivity contribution is 7.18. The Balaban J connectivity index is 1.85. The van der Waals surface area contributed by atoms with Crippen molar-refractivity contribution < 1.29 is 23.5 Å².